The van der Waals surface area contributed by atoms with Crippen LogP contribution in [0.4, 0.5) is 0 Å². The number of rotatable bonds is 13. The zero-order valence-corrected chi connectivity index (χ0v) is 15.0. The Morgan fingerprint density at radius 1 is 0.842 bits per heavy atom. The van der Waals surface area contributed by atoms with E-state index in [2.05, 4.69) is 19.1 Å². The Morgan fingerprint density at radius 2 is 1.32 bits per heavy atom. The zero-order valence-electron chi connectivity index (χ0n) is 13.0. The van der Waals surface area contributed by atoms with Gasteiger partial charge in [-0.3, -0.25) is 0 Å². The van der Waals surface area contributed by atoms with Crippen molar-refractivity contribution in [2.75, 3.05) is 0 Å². The fourth-order valence-corrected chi connectivity index (χ4v) is 1.99. The quantitative estimate of drug-likeness (QED) is 0.286. The number of hydrogen-bond acceptors (Lipinski definition) is 2. The number of carboxylic acids is 1. The third kappa shape index (κ3) is 20.7. The second kappa shape index (κ2) is 18.2. The Labute approximate surface area is 141 Å². The molecule has 0 aliphatic carbocycles. The molecule has 0 aliphatic heterocycles. The van der Waals surface area contributed by atoms with Crippen LogP contribution < -0.4 is 34.7 Å². The Bertz CT molecular complexity index is 215. The summed E-state index contributed by atoms with van der Waals surface area (Å²) in [7, 11) is 0. The van der Waals surface area contributed by atoms with Crippen LogP contribution >= 0.6 is 0 Å². The summed E-state index contributed by atoms with van der Waals surface area (Å²) in [6.45, 7) is 2.25. The van der Waals surface area contributed by atoms with Gasteiger partial charge in [0.05, 0.1) is 0 Å². The molecule has 0 aromatic rings. The van der Waals surface area contributed by atoms with E-state index in [9.17, 15) is 9.90 Å². The molecule has 0 aromatic heterocycles. The van der Waals surface area contributed by atoms with Gasteiger partial charge < -0.3 is 9.90 Å². The van der Waals surface area contributed by atoms with Gasteiger partial charge in [0.1, 0.15) is 0 Å². The van der Waals surface area contributed by atoms with Gasteiger partial charge in [0, 0.05) is 5.97 Å². The summed E-state index contributed by atoms with van der Waals surface area (Å²) in [5, 5.41) is 10.2. The normalized spacial score (nSPS) is 10.6. The Kier molecular flexibility index (Phi) is 20.6. The molecule has 0 aromatic carbocycles. The van der Waals surface area contributed by atoms with Gasteiger partial charge in [0.25, 0.3) is 0 Å². The molecule has 0 rings (SSSR count). The average Bonchev–Trinajstić information content (AvgIpc) is 2.34. The number of carbonyl (C=O) groups is 1. The second-order valence-electron chi connectivity index (χ2n) is 5.00. The van der Waals surface area contributed by atoms with Crippen LogP contribution in [0.15, 0.2) is 12.2 Å². The van der Waals surface area contributed by atoms with Gasteiger partial charge in [0.2, 0.25) is 0 Å². The standard InChI is InChI=1S/C16H30O2.Na/c1-2-3-4-5-6-7-8-9-10-11-12-13-14-15-16(17)18;/h10-11H,2-9,12-15H2,1H3,(H,17,18);/q;+1/p-1. The molecule has 0 heterocycles. The van der Waals surface area contributed by atoms with Crippen molar-refractivity contribution in [2.24, 2.45) is 0 Å². The third-order valence-corrected chi connectivity index (χ3v) is 3.14. The molecular weight excluding hydrogens is 247 g/mol. The number of carboxylic acid groups (broad SMARTS) is 1. The Hall–Kier alpha value is 0.210. The molecule has 0 aliphatic rings. The fourth-order valence-electron chi connectivity index (χ4n) is 1.99. The largest absolute Gasteiger partial charge is 1.00 e. The van der Waals surface area contributed by atoms with Crippen LogP contribution in [0.2, 0.25) is 0 Å². The molecular formula is C16H29NaO2. The molecule has 0 bridgehead atoms. The molecule has 0 radical (unpaired) electrons. The summed E-state index contributed by atoms with van der Waals surface area (Å²) in [6, 6.07) is 0. The molecule has 19 heavy (non-hydrogen) atoms. The number of unbranched alkanes of at least 4 members (excludes halogenated alkanes) is 9. The summed E-state index contributed by atoms with van der Waals surface area (Å²) in [6.07, 6.45) is 18.0. The van der Waals surface area contributed by atoms with Crippen molar-refractivity contribution in [1.29, 1.82) is 0 Å². The second-order valence-corrected chi connectivity index (χ2v) is 5.00. The predicted octanol–water partition coefficient (Wildman–Crippen LogP) is 0.998. The van der Waals surface area contributed by atoms with Crippen LogP contribution in [0.3, 0.4) is 0 Å². The van der Waals surface area contributed by atoms with E-state index in [1.54, 1.807) is 0 Å². The topological polar surface area (TPSA) is 40.1 Å². The molecule has 0 N–H and O–H groups in total. The van der Waals surface area contributed by atoms with Gasteiger partial charge in [-0.15, -0.1) is 0 Å². The van der Waals surface area contributed by atoms with Gasteiger partial charge >= 0.3 is 29.6 Å². The smallest absolute Gasteiger partial charge is 0.550 e. The fraction of sp³-hybridized carbons (Fsp3) is 0.812. The summed E-state index contributed by atoms with van der Waals surface area (Å²) in [5.41, 5.74) is 0. The van der Waals surface area contributed by atoms with Crippen molar-refractivity contribution in [3.63, 3.8) is 0 Å². The maximum absolute atomic E-state index is 10.2. The van der Waals surface area contributed by atoms with E-state index in [1.165, 1.54) is 51.4 Å². The first-order valence-corrected chi connectivity index (χ1v) is 7.62. The van der Waals surface area contributed by atoms with Crippen molar-refractivity contribution in [2.45, 2.75) is 84.0 Å². The van der Waals surface area contributed by atoms with E-state index < -0.39 is 5.97 Å². The van der Waals surface area contributed by atoms with E-state index in [1.807, 2.05) is 0 Å². The molecule has 0 unspecified atom stereocenters. The predicted molar refractivity (Wildman–Crippen MR) is 75.2 cm³/mol. The molecule has 0 atom stereocenters. The van der Waals surface area contributed by atoms with Crippen LogP contribution in [0.5, 0.6) is 0 Å². The summed E-state index contributed by atoms with van der Waals surface area (Å²) in [4.78, 5) is 10.2. The first kappa shape index (κ1) is 21.5. The minimum Gasteiger partial charge on any atom is -0.550 e. The minimum atomic E-state index is -0.929. The van der Waals surface area contributed by atoms with Gasteiger partial charge in [-0.05, 0) is 38.5 Å². The van der Waals surface area contributed by atoms with Crippen LogP contribution in [-0.4, -0.2) is 5.97 Å². The van der Waals surface area contributed by atoms with Gasteiger partial charge in [0.15, 0.2) is 0 Å². The first-order valence-electron chi connectivity index (χ1n) is 7.62. The number of aliphatic carboxylic acids is 1. The number of hydrogen-bond donors (Lipinski definition) is 0. The monoisotopic (exact) mass is 276 g/mol. The van der Waals surface area contributed by atoms with Crippen molar-refractivity contribution in [3.8, 4) is 0 Å². The molecule has 0 fully saturated rings. The van der Waals surface area contributed by atoms with Gasteiger partial charge in [-0.2, -0.15) is 0 Å². The van der Waals surface area contributed by atoms with Crippen molar-refractivity contribution >= 4 is 5.97 Å². The number of allylic oxidation sites excluding steroid dienone is 2. The van der Waals surface area contributed by atoms with Gasteiger partial charge in [-0.25, -0.2) is 0 Å². The molecule has 0 saturated heterocycles. The Morgan fingerprint density at radius 3 is 1.84 bits per heavy atom. The third-order valence-electron chi connectivity index (χ3n) is 3.14. The van der Waals surface area contributed by atoms with Gasteiger partial charge in [-0.1, -0.05) is 57.6 Å². The molecule has 2 nitrogen and oxygen atoms in total. The van der Waals surface area contributed by atoms with Crippen LogP contribution in [0, 0.1) is 0 Å². The van der Waals surface area contributed by atoms with Crippen molar-refractivity contribution in [3.05, 3.63) is 12.2 Å². The molecule has 0 spiro atoms. The molecule has 0 saturated carbocycles. The maximum atomic E-state index is 10.2. The average molecular weight is 276 g/mol. The van der Waals surface area contributed by atoms with E-state index >= 15 is 0 Å². The van der Waals surface area contributed by atoms with Crippen molar-refractivity contribution < 1.29 is 39.5 Å². The van der Waals surface area contributed by atoms with Crippen LogP contribution in [0.25, 0.3) is 0 Å². The SMILES string of the molecule is CCCCCCCCCC=CCCCCC(=O)[O-].[Na+]. The molecule has 3 heteroatoms. The summed E-state index contributed by atoms with van der Waals surface area (Å²) in [5.74, 6) is -0.929. The minimum absolute atomic E-state index is 0. The Balaban J connectivity index is 0. The molecule has 0 amide bonds. The summed E-state index contributed by atoms with van der Waals surface area (Å²) >= 11 is 0. The van der Waals surface area contributed by atoms with Crippen molar-refractivity contribution in [1.82, 2.24) is 0 Å². The molecule has 106 valence electrons. The maximum Gasteiger partial charge on any atom is 1.00 e. The zero-order chi connectivity index (χ0) is 13.5. The van der Waals surface area contributed by atoms with Crippen LogP contribution in [0.1, 0.15) is 84.0 Å². The van der Waals surface area contributed by atoms with E-state index in [-0.39, 0.29) is 36.0 Å². The van der Waals surface area contributed by atoms with Crippen LogP contribution in [-0.2, 0) is 4.79 Å². The van der Waals surface area contributed by atoms with E-state index in [0.29, 0.717) is 0 Å². The first-order chi connectivity index (χ1) is 8.77. The summed E-state index contributed by atoms with van der Waals surface area (Å²) < 4.78 is 0. The van der Waals surface area contributed by atoms with E-state index in [0.717, 1.165) is 19.3 Å². The van der Waals surface area contributed by atoms with E-state index in [4.69, 9.17) is 0 Å². The number of carbonyl (C=O) groups excluding carboxylic acids is 1.